The van der Waals surface area contributed by atoms with Crippen molar-refractivity contribution in [2.75, 3.05) is 19.0 Å². The number of ketones is 1. The second kappa shape index (κ2) is 14.7. The van der Waals surface area contributed by atoms with E-state index in [2.05, 4.69) is 28.6 Å². The standard InChI is InChI=1S/C11H13N3.C10H9F3O2.C9H18/c1-8-12-10-7-5-4-6-9(10)11(13-8)14(2)3;1-7(14)5-8-3-2-4-9(6-8)15-10(11,12)13;1-3-9-6-4-8(2)5-7-9/h4-7H,1-3H3;2-4,6H,5H2,1H3;8-9H,3-7H2,1-2H3. The summed E-state index contributed by atoms with van der Waals surface area (Å²) in [6.07, 6.45) is 2.78. The molecule has 0 unspecified atom stereocenters. The molecule has 0 aliphatic heterocycles. The van der Waals surface area contributed by atoms with Gasteiger partial charge in [0, 0.05) is 25.9 Å². The number of nitrogens with zero attached hydrogens (tertiary/aromatic N) is 3. The monoisotopic (exact) mass is 531 g/mol. The summed E-state index contributed by atoms with van der Waals surface area (Å²) >= 11 is 0. The lowest BCUT2D eigenvalue weighted by atomic mass is 9.82. The van der Waals surface area contributed by atoms with Gasteiger partial charge in [-0.15, -0.1) is 13.2 Å². The van der Waals surface area contributed by atoms with Crippen LogP contribution in [0.4, 0.5) is 19.0 Å². The van der Waals surface area contributed by atoms with Gasteiger partial charge in [0.2, 0.25) is 0 Å². The maximum Gasteiger partial charge on any atom is 0.573 e. The van der Waals surface area contributed by atoms with Crippen molar-refractivity contribution in [2.24, 2.45) is 11.8 Å². The van der Waals surface area contributed by atoms with Crippen LogP contribution in [0.3, 0.4) is 0 Å². The van der Waals surface area contributed by atoms with Crippen molar-refractivity contribution in [3.8, 4) is 5.75 Å². The van der Waals surface area contributed by atoms with Gasteiger partial charge in [-0.25, -0.2) is 9.97 Å². The molecule has 1 heterocycles. The van der Waals surface area contributed by atoms with Crippen LogP contribution in [0.15, 0.2) is 48.5 Å². The second-order valence-electron chi connectivity index (χ2n) is 10.1. The summed E-state index contributed by atoms with van der Waals surface area (Å²) < 4.78 is 39.3. The minimum absolute atomic E-state index is 0.106. The van der Waals surface area contributed by atoms with E-state index >= 15 is 0 Å². The van der Waals surface area contributed by atoms with Crippen molar-refractivity contribution in [3.63, 3.8) is 0 Å². The Labute approximate surface area is 224 Å². The molecule has 0 amide bonds. The van der Waals surface area contributed by atoms with Crippen LogP contribution >= 0.6 is 0 Å². The Morgan fingerprint density at radius 2 is 1.68 bits per heavy atom. The summed E-state index contributed by atoms with van der Waals surface area (Å²) in [5, 5.41) is 1.10. The molecule has 0 radical (unpaired) electrons. The third-order valence-electron chi connectivity index (χ3n) is 6.42. The predicted molar refractivity (Wildman–Crippen MR) is 148 cm³/mol. The number of carbonyl (C=O) groups excluding carboxylic acids is 1. The number of rotatable bonds is 5. The molecule has 0 spiro atoms. The average Bonchev–Trinajstić information content (AvgIpc) is 2.83. The lowest BCUT2D eigenvalue weighted by Gasteiger charge is -2.24. The number of para-hydroxylation sites is 1. The van der Waals surface area contributed by atoms with Crippen LogP contribution in [0, 0.1) is 18.8 Å². The molecule has 2 aromatic carbocycles. The Hall–Kier alpha value is -3.16. The fourth-order valence-corrected chi connectivity index (χ4v) is 4.39. The average molecular weight is 532 g/mol. The number of anilines is 1. The largest absolute Gasteiger partial charge is 0.573 e. The number of alkyl halides is 3. The van der Waals surface area contributed by atoms with E-state index in [1.807, 2.05) is 50.2 Å². The van der Waals surface area contributed by atoms with Crippen LogP contribution in [-0.2, 0) is 11.2 Å². The Balaban J connectivity index is 0.000000206. The molecule has 1 saturated carbocycles. The van der Waals surface area contributed by atoms with E-state index in [-0.39, 0.29) is 18.0 Å². The van der Waals surface area contributed by atoms with Gasteiger partial charge < -0.3 is 9.64 Å². The molecule has 5 nitrogen and oxygen atoms in total. The first-order chi connectivity index (χ1) is 17.9. The summed E-state index contributed by atoms with van der Waals surface area (Å²) in [5.41, 5.74) is 1.51. The number of fused-ring (bicyclic) bond motifs is 1. The van der Waals surface area contributed by atoms with Crippen molar-refractivity contribution in [1.82, 2.24) is 9.97 Å². The third-order valence-corrected chi connectivity index (χ3v) is 6.42. The molecular formula is C30H40F3N3O2. The van der Waals surface area contributed by atoms with Crippen LogP contribution in [0.5, 0.6) is 5.75 Å². The van der Waals surface area contributed by atoms with Crippen molar-refractivity contribution in [2.45, 2.75) is 72.6 Å². The van der Waals surface area contributed by atoms with E-state index in [0.29, 0.717) is 5.56 Å². The van der Waals surface area contributed by atoms with Crippen molar-refractivity contribution in [3.05, 3.63) is 59.9 Å². The quantitative estimate of drug-likeness (QED) is 0.334. The summed E-state index contributed by atoms with van der Waals surface area (Å²) in [4.78, 5) is 21.6. The smallest absolute Gasteiger partial charge is 0.406 e. The molecule has 1 fully saturated rings. The van der Waals surface area contributed by atoms with Crippen molar-refractivity contribution < 1.29 is 22.7 Å². The summed E-state index contributed by atoms with van der Waals surface area (Å²) in [7, 11) is 3.99. The first-order valence-electron chi connectivity index (χ1n) is 13.1. The van der Waals surface area contributed by atoms with Crippen molar-refractivity contribution in [1.29, 1.82) is 0 Å². The third kappa shape index (κ3) is 11.1. The molecule has 1 aromatic heterocycles. The van der Waals surface area contributed by atoms with E-state index in [1.165, 1.54) is 57.2 Å². The Kier molecular flexibility index (Phi) is 12.0. The van der Waals surface area contributed by atoms with E-state index in [9.17, 15) is 18.0 Å². The van der Waals surface area contributed by atoms with Crippen LogP contribution in [0.25, 0.3) is 10.9 Å². The molecule has 0 bridgehead atoms. The minimum atomic E-state index is -4.70. The van der Waals surface area contributed by atoms with Crippen LogP contribution < -0.4 is 9.64 Å². The van der Waals surface area contributed by atoms with Gasteiger partial charge >= 0.3 is 6.36 Å². The van der Waals surface area contributed by atoms with Gasteiger partial charge in [-0.2, -0.15) is 0 Å². The van der Waals surface area contributed by atoms with Gasteiger partial charge in [0.25, 0.3) is 0 Å². The van der Waals surface area contributed by atoms with E-state index in [1.54, 1.807) is 6.07 Å². The molecule has 1 aliphatic carbocycles. The van der Waals surface area contributed by atoms with Crippen LogP contribution in [0.2, 0.25) is 0 Å². The van der Waals surface area contributed by atoms with Crippen molar-refractivity contribution >= 4 is 22.5 Å². The number of aromatic nitrogens is 2. The Morgan fingerprint density at radius 1 is 1.03 bits per heavy atom. The summed E-state index contributed by atoms with van der Waals surface area (Å²) in [6.45, 7) is 7.99. The van der Waals surface area contributed by atoms with Gasteiger partial charge in [-0.3, -0.25) is 4.79 Å². The zero-order chi connectivity index (χ0) is 28.3. The fourth-order valence-electron chi connectivity index (χ4n) is 4.39. The normalized spacial score (nSPS) is 17.0. The maximum atomic E-state index is 11.8. The van der Waals surface area contributed by atoms with Gasteiger partial charge in [-0.05, 0) is 55.5 Å². The van der Waals surface area contributed by atoms with Crippen LogP contribution in [-0.4, -0.2) is 36.2 Å². The zero-order valence-electron chi connectivity index (χ0n) is 23.3. The van der Waals surface area contributed by atoms with Gasteiger partial charge in [0.1, 0.15) is 23.2 Å². The lowest BCUT2D eigenvalue weighted by Crippen LogP contribution is -2.17. The molecule has 4 rings (SSSR count). The maximum absolute atomic E-state index is 11.8. The number of halogens is 3. The summed E-state index contributed by atoms with van der Waals surface area (Å²) in [6, 6.07) is 13.4. The Bertz CT molecular complexity index is 1160. The second-order valence-corrected chi connectivity index (χ2v) is 10.1. The highest BCUT2D eigenvalue weighted by atomic mass is 19.4. The molecule has 8 heteroatoms. The highest BCUT2D eigenvalue weighted by molar-refractivity contribution is 5.89. The van der Waals surface area contributed by atoms with E-state index in [0.717, 1.165) is 34.4 Å². The van der Waals surface area contributed by atoms with E-state index in [4.69, 9.17) is 0 Å². The first-order valence-corrected chi connectivity index (χ1v) is 13.1. The van der Waals surface area contributed by atoms with Gasteiger partial charge in [0.05, 0.1) is 5.52 Å². The molecular weight excluding hydrogens is 491 g/mol. The molecule has 1 aliphatic rings. The number of hydrogen-bond acceptors (Lipinski definition) is 5. The number of benzene rings is 2. The minimum Gasteiger partial charge on any atom is -0.406 e. The molecule has 0 saturated heterocycles. The van der Waals surface area contributed by atoms with Crippen LogP contribution in [0.1, 0.15) is 64.3 Å². The number of hydrogen-bond donors (Lipinski definition) is 0. The number of aryl methyl sites for hydroxylation is 1. The highest BCUT2D eigenvalue weighted by Gasteiger charge is 2.31. The molecule has 208 valence electrons. The number of Topliss-reactive ketones (excluding diaryl/α,β-unsaturated/α-hetero) is 1. The number of carbonyl (C=O) groups is 1. The van der Waals surface area contributed by atoms with Gasteiger partial charge in [-0.1, -0.05) is 70.2 Å². The molecule has 0 atom stereocenters. The number of ether oxygens (including phenoxy) is 1. The first kappa shape index (κ1) is 31.1. The SMILES string of the molecule is CC(=O)Cc1cccc(OC(F)(F)F)c1.CCC1CCC(C)CC1.Cc1nc(N(C)C)c2ccccc2n1. The van der Waals surface area contributed by atoms with Gasteiger partial charge in [0.15, 0.2) is 0 Å². The Morgan fingerprint density at radius 3 is 2.26 bits per heavy atom. The lowest BCUT2D eigenvalue weighted by molar-refractivity contribution is -0.274. The molecule has 3 aromatic rings. The topological polar surface area (TPSA) is 55.3 Å². The van der Waals surface area contributed by atoms with E-state index < -0.39 is 6.36 Å². The summed E-state index contributed by atoms with van der Waals surface area (Å²) in [5.74, 6) is 3.47. The predicted octanol–water partition coefficient (Wildman–Crippen LogP) is 7.94. The fraction of sp³-hybridized carbons (Fsp3) is 0.500. The molecule has 0 N–H and O–H groups in total. The highest BCUT2D eigenvalue weighted by Crippen LogP contribution is 2.29. The molecule has 38 heavy (non-hydrogen) atoms. The zero-order valence-corrected chi connectivity index (χ0v) is 23.3.